The minimum atomic E-state index is -0.728. The van der Waals surface area contributed by atoms with Gasteiger partial charge in [0.15, 0.2) is 23.4 Å². The van der Waals surface area contributed by atoms with Gasteiger partial charge in [-0.3, -0.25) is 4.79 Å². The SMILES string of the molecule is CC(=O)C(C)OC(=O)/C=C/c1ccc2c(c1)OCO2. The minimum Gasteiger partial charge on any atom is -0.454 e. The van der Waals surface area contributed by atoms with E-state index in [1.807, 2.05) is 0 Å². The first-order valence-corrected chi connectivity index (χ1v) is 5.85. The topological polar surface area (TPSA) is 61.8 Å². The summed E-state index contributed by atoms with van der Waals surface area (Å²) in [4.78, 5) is 22.4. The van der Waals surface area contributed by atoms with Gasteiger partial charge in [-0.2, -0.15) is 0 Å². The summed E-state index contributed by atoms with van der Waals surface area (Å²) in [6.45, 7) is 3.12. The van der Waals surface area contributed by atoms with E-state index in [4.69, 9.17) is 14.2 Å². The van der Waals surface area contributed by atoms with Gasteiger partial charge in [-0.1, -0.05) is 6.07 Å². The molecule has 19 heavy (non-hydrogen) atoms. The van der Waals surface area contributed by atoms with Crippen LogP contribution in [0.1, 0.15) is 19.4 Å². The molecule has 0 fully saturated rings. The fourth-order valence-corrected chi connectivity index (χ4v) is 1.48. The average Bonchev–Trinajstić information content (AvgIpc) is 2.83. The first-order chi connectivity index (χ1) is 9.06. The summed E-state index contributed by atoms with van der Waals surface area (Å²) in [7, 11) is 0. The van der Waals surface area contributed by atoms with Crippen molar-refractivity contribution in [3.63, 3.8) is 0 Å². The number of rotatable bonds is 4. The summed E-state index contributed by atoms with van der Waals surface area (Å²) in [6.07, 6.45) is 2.14. The van der Waals surface area contributed by atoms with Crippen molar-refractivity contribution in [2.24, 2.45) is 0 Å². The molecule has 0 bridgehead atoms. The zero-order chi connectivity index (χ0) is 13.8. The Kier molecular flexibility index (Phi) is 3.85. The Balaban J connectivity index is 1.98. The lowest BCUT2D eigenvalue weighted by Crippen LogP contribution is -2.20. The second-order valence-electron chi connectivity index (χ2n) is 4.14. The highest BCUT2D eigenvalue weighted by Crippen LogP contribution is 2.32. The molecule has 0 spiro atoms. The van der Waals surface area contributed by atoms with Gasteiger partial charge >= 0.3 is 5.97 Å². The van der Waals surface area contributed by atoms with Crippen molar-refractivity contribution in [3.8, 4) is 11.5 Å². The van der Waals surface area contributed by atoms with Crippen LogP contribution in [0.5, 0.6) is 11.5 Å². The van der Waals surface area contributed by atoms with Crippen LogP contribution in [0, 0.1) is 0 Å². The van der Waals surface area contributed by atoms with E-state index in [-0.39, 0.29) is 12.6 Å². The molecular weight excluding hydrogens is 248 g/mol. The molecule has 1 aliphatic heterocycles. The zero-order valence-electron chi connectivity index (χ0n) is 10.7. The normalized spacial score (nSPS) is 14.4. The van der Waals surface area contributed by atoms with Crippen LogP contribution in [-0.2, 0) is 14.3 Å². The van der Waals surface area contributed by atoms with E-state index in [2.05, 4.69) is 0 Å². The third-order valence-electron chi connectivity index (χ3n) is 2.67. The standard InChI is InChI=1S/C14H14O5/c1-9(15)10(2)19-14(16)6-4-11-3-5-12-13(7-11)18-8-17-12/h3-7,10H,8H2,1-2H3/b6-4+. The zero-order valence-corrected chi connectivity index (χ0v) is 10.7. The lowest BCUT2D eigenvalue weighted by molar-refractivity contribution is -0.148. The highest BCUT2D eigenvalue weighted by molar-refractivity contribution is 5.90. The van der Waals surface area contributed by atoms with E-state index in [0.717, 1.165) is 5.56 Å². The predicted molar refractivity (Wildman–Crippen MR) is 67.8 cm³/mol. The van der Waals surface area contributed by atoms with Crippen LogP contribution in [0.3, 0.4) is 0 Å². The lowest BCUT2D eigenvalue weighted by atomic mass is 10.2. The summed E-state index contributed by atoms with van der Waals surface area (Å²) in [5.74, 6) is 0.586. The molecule has 100 valence electrons. The first kappa shape index (κ1) is 13.1. The summed E-state index contributed by atoms with van der Waals surface area (Å²) in [5, 5.41) is 0. The van der Waals surface area contributed by atoms with Crippen LogP contribution < -0.4 is 9.47 Å². The van der Waals surface area contributed by atoms with Gasteiger partial charge in [0, 0.05) is 6.08 Å². The van der Waals surface area contributed by atoms with E-state index in [9.17, 15) is 9.59 Å². The van der Waals surface area contributed by atoms with Gasteiger partial charge in [-0.25, -0.2) is 4.79 Å². The van der Waals surface area contributed by atoms with Gasteiger partial charge in [0.25, 0.3) is 0 Å². The third-order valence-corrected chi connectivity index (χ3v) is 2.67. The maximum atomic E-state index is 11.4. The molecule has 0 N–H and O–H groups in total. The third kappa shape index (κ3) is 3.34. The number of benzene rings is 1. The van der Waals surface area contributed by atoms with Gasteiger partial charge in [0.1, 0.15) is 0 Å². The fourth-order valence-electron chi connectivity index (χ4n) is 1.48. The average molecular weight is 262 g/mol. The van der Waals surface area contributed by atoms with E-state index in [0.29, 0.717) is 11.5 Å². The fraction of sp³-hybridized carbons (Fsp3) is 0.286. The monoisotopic (exact) mass is 262 g/mol. The van der Waals surface area contributed by atoms with Crippen LogP contribution in [0.25, 0.3) is 6.08 Å². The number of hydrogen-bond acceptors (Lipinski definition) is 5. The number of Topliss-reactive ketones (excluding diaryl/α,β-unsaturated/α-hetero) is 1. The van der Waals surface area contributed by atoms with Crippen molar-refractivity contribution in [1.29, 1.82) is 0 Å². The van der Waals surface area contributed by atoms with Crippen molar-refractivity contribution in [1.82, 2.24) is 0 Å². The molecule has 0 aliphatic carbocycles. The quantitative estimate of drug-likeness (QED) is 0.613. The van der Waals surface area contributed by atoms with Crippen LogP contribution in [0.4, 0.5) is 0 Å². The summed E-state index contributed by atoms with van der Waals surface area (Å²) in [6, 6.07) is 5.33. The highest BCUT2D eigenvalue weighted by atomic mass is 16.7. The number of ketones is 1. The van der Waals surface area contributed by atoms with Crippen LogP contribution in [0.15, 0.2) is 24.3 Å². The Morgan fingerprint density at radius 1 is 1.32 bits per heavy atom. The van der Waals surface area contributed by atoms with Gasteiger partial charge < -0.3 is 14.2 Å². The molecule has 1 atom stereocenters. The Morgan fingerprint density at radius 3 is 2.79 bits per heavy atom. The number of esters is 1. The minimum absolute atomic E-state index is 0.190. The number of ether oxygens (including phenoxy) is 3. The number of carbonyl (C=O) groups is 2. The molecule has 0 amide bonds. The second kappa shape index (κ2) is 5.56. The second-order valence-corrected chi connectivity index (χ2v) is 4.14. The van der Waals surface area contributed by atoms with Gasteiger partial charge in [0.05, 0.1) is 0 Å². The van der Waals surface area contributed by atoms with E-state index in [1.54, 1.807) is 24.3 Å². The van der Waals surface area contributed by atoms with E-state index < -0.39 is 12.1 Å². The Morgan fingerprint density at radius 2 is 2.05 bits per heavy atom. The molecule has 0 aromatic heterocycles. The molecule has 1 aliphatic rings. The summed E-state index contributed by atoms with van der Waals surface area (Å²) < 4.78 is 15.3. The molecule has 5 nitrogen and oxygen atoms in total. The van der Waals surface area contributed by atoms with E-state index in [1.165, 1.54) is 19.9 Å². The van der Waals surface area contributed by atoms with Crippen molar-refractivity contribution in [2.45, 2.75) is 20.0 Å². The van der Waals surface area contributed by atoms with Crippen LogP contribution in [0.2, 0.25) is 0 Å². The van der Waals surface area contributed by atoms with Crippen molar-refractivity contribution < 1.29 is 23.8 Å². The Bertz CT molecular complexity index is 533. The Hall–Kier alpha value is -2.30. The molecular formula is C14H14O5. The first-order valence-electron chi connectivity index (χ1n) is 5.85. The van der Waals surface area contributed by atoms with Gasteiger partial charge in [-0.05, 0) is 37.6 Å². The van der Waals surface area contributed by atoms with Gasteiger partial charge in [-0.15, -0.1) is 0 Å². The molecule has 5 heteroatoms. The van der Waals surface area contributed by atoms with E-state index >= 15 is 0 Å². The molecule has 0 saturated carbocycles. The summed E-state index contributed by atoms with van der Waals surface area (Å²) >= 11 is 0. The van der Waals surface area contributed by atoms with Crippen LogP contribution >= 0.6 is 0 Å². The molecule has 1 aromatic rings. The predicted octanol–water partition coefficient (Wildman–Crippen LogP) is 1.95. The number of carbonyl (C=O) groups excluding carboxylic acids is 2. The van der Waals surface area contributed by atoms with Gasteiger partial charge in [0.2, 0.25) is 6.79 Å². The van der Waals surface area contributed by atoms with Crippen molar-refractivity contribution >= 4 is 17.8 Å². The van der Waals surface area contributed by atoms with Crippen molar-refractivity contribution in [3.05, 3.63) is 29.8 Å². The molecule has 0 radical (unpaired) electrons. The summed E-state index contributed by atoms with van der Waals surface area (Å²) in [5.41, 5.74) is 0.789. The molecule has 1 heterocycles. The van der Waals surface area contributed by atoms with Crippen molar-refractivity contribution in [2.75, 3.05) is 6.79 Å². The maximum absolute atomic E-state index is 11.4. The molecule has 2 rings (SSSR count). The smallest absolute Gasteiger partial charge is 0.331 e. The molecule has 1 unspecified atom stereocenters. The maximum Gasteiger partial charge on any atom is 0.331 e. The molecule has 1 aromatic carbocycles. The highest BCUT2D eigenvalue weighted by Gasteiger charge is 2.13. The number of hydrogen-bond donors (Lipinski definition) is 0. The Labute approximate surface area is 110 Å². The molecule has 0 saturated heterocycles. The largest absolute Gasteiger partial charge is 0.454 e. The lowest BCUT2D eigenvalue weighted by Gasteiger charge is -2.06. The van der Waals surface area contributed by atoms with Crippen LogP contribution in [-0.4, -0.2) is 24.6 Å². The number of fused-ring (bicyclic) bond motifs is 1.